The fourth-order valence-electron chi connectivity index (χ4n) is 1.96. The van der Waals surface area contributed by atoms with Gasteiger partial charge in [-0.1, -0.05) is 0 Å². The standard InChI is InChI=1S/C15H18BrN3O4/c1-11(20)18-17-9-12-2-3-14(13(16)8-12)23-10-15(21)19-4-6-22-7-5-19/h2-3,8-9H,4-7,10H2,1H3,(H,18,20)/b17-9-. The highest BCUT2D eigenvalue weighted by Crippen LogP contribution is 2.25. The van der Waals surface area contributed by atoms with Crippen LogP contribution in [-0.4, -0.2) is 55.8 Å². The van der Waals surface area contributed by atoms with Gasteiger partial charge >= 0.3 is 0 Å². The number of benzene rings is 1. The second-order valence-electron chi connectivity index (χ2n) is 4.90. The molecule has 1 aliphatic heterocycles. The summed E-state index contributed by atoms with van der Waals surface area (Å²) in [5.74, 6) is 0.279. The monoisotopic (exact) mass is 383 g/mol. The SMILES string of the molecule is CC(=O)N/N=C\c1ccc(OCC(=O)N2CCOCC2)c(Br)c1. The van der Waals surface area contributed by atoms with Crippen LogP contribution in [0.3, 0.4) is 0 Å². The zero-order valence-electron chi connectivity index (χ0n) is 12.8. The third kappa shape index (κ3) is 5.65. The summed E-state index contributed by atoms with van der Waals surface area (Å²) in [6, 6.07) is 5.32. The molecule has 2 rings (SSSR count). The quantitative estimate of drug-likeness (QED) is 0.610. The number of hydrazone groups is 1. The molecule has 0 bridgehead atoms. The molecule has 0 atom stereocenters. The molecule has 1 heterocycles. The van der Waals surface area contributed by atoms with Gasteiger partial charge in [-0.2, -0.15) is 5.10 Å². The lowest BCUT2D eigenvalue weighted by atomic mass is 10.2. The van der Waals surface area contributed by atoms with Crippen molar-refractivity contribution in [3.8, 4) is 5.75 Å². The van der Waals surface area contributed by atoms with Crippen LogP contribution in [0.4, 0.5) is 0 Å². The van der Waals surface area contributed by atoms with E-state index in [2.05, 4.69) is 26.5 Å². The minimum atomic E-state index is -0.234. The number of carbonyl (C=O) groups excluding carboxylic acids is 2. The van der Waals surface area contributed by atoms with Crippen molar-refractivity contribution < 1.29 is 19.1 Å². The van der Waals surface area contributed by atoms with Crippen LogP contribution in [0.1, 0.15) is 12.5 Å². The molecule has 7 nitrogen and oxygen atoms in total. The molecule has 0 unspecified atom stereocenters. The molecule has 1 fully saturated rings. The van der Waals surface area contributed by atoms with Crippen LogP contribution in [0.2, 0.25) is 0 Å². The van der Waals surface area contributed by atoms with Gasteiger partial charge in [-0.15, -0.1) is 0 Å². The number of amides is 2. The maximum absolute atomic E-state index is 12.0. The molecule has 0 saturated carbocycles. The number of hydrogen-bond acceptors (Lipinski definition) is 5. The number of nitrogens with zero attached hydrogens (tertiary/aromatic N) is 2. The van der Waals surface area contributed by atoms with Crippen molar-refractivity contribution in [2.75, 3.05) is 32.9 Å². The first-order valence-corrected chi connectivity index (χ1v) is 7.93. The molecule has 124 valence electrons. The van der Waals surface area contributed by atoms with Crippen LogP contribution < -0.4 is 10.2 Å². The lowest BCUT2D eigenvalue weighted by molar-refractivity contribution is -0.137. The van der Waals surface area contributed by atoms with Gasteiger partial charge in [0.25, 0.3) is 5.91 Å². The first kappa shape index (κ1) is 17.4. The summed E-state index contributed by atoms with van der Waals surface area (Å²) in [7, 11) is 0. The Balaban J connectivity index is 1.89. The number of ether oxygens (including phenoxy) is 2. The molecule has 1 aliphatic rings. The van der Waals surface area contributed by atoms with E-state index in [1.165, 1.54) is 13.1 Å². The van der Waals surface area contributed by atoms with Crippen LogP contribution in [0, 0.1) is 0 Å². The third-order valence-corrected chi connectivity index (χ3v) is 3.73. The molecular weight excluding hydrogens is 366 g/mol. The lowest BCUT2D eigenvalue weighted by Crippen LogP contribution is -2.43. The molecule has 0 aliphatic carbocycles. The van der Waals surface area contributed by atoms with Crippen molar-refractivity contribution in [3.05, 3.63) is 28.2 Å². The van der Waals surface area contributed by atoms with E-state index in [1.54, 1.807) is 23.1 Å². The van der Waals surface area contributed by atoms with Crippen molar-refractivity contribution in [1.29, 1.82) is 0 Å². The molecule has 0 radical (unpaired) electrons. The van der Waals surface area contributed by atoms with Crippen LogP contribution in [0.15, 0.2) is 27.8 Å². The van der Waals surface area contributed by atoms with Crippen molar-refractivity contribution in [2.24, 2.45) is 5.10 Å². The predicted molar refractivity (Wildman–Crippen MR) is 88.4 cm³/mol. The molecular formula is C15H18BrN3O4. The highest BCUT2D eigenvalue weighted by molar-refractivity contribution is 9.10. The lowest BCUT2D eigenvalue weighted by Gasteiger charge is -2.26. The Kier molecular flexibility index (Phi) is 6.54. The fraction of sp³-hybridized carbons (Fsp3) is 0.400. The summed E-state index contributed by atoms with van der Waals surface area (Å²) in [4.78, 5) is 24.5. The van der Waals surface area contributed by atoms with E-state index in [-0.39, 0.29) is 18.4 Å². The van der Waals surface area contributed by atoms with Crippen molar-refractivity contribution in [2.45, 2.75) is 6.92 Å². The highest BCUT2D eigenvalue weighted by Gasteiger charge is 2.17. The zero-order chi connectivity index (χ0) is 16.7. The zero-order valence-corrected chi connectivity index (χ0v) is 14.3. The number of halogens is 1. The van der Waals surface area contributed by atoms with Gasteiger partial charge in [0, 0.05) is 20.0 Å². The second-order valence-corrected chi connectivity index (χ2v) is 5.75. The molecule has 1 aromatic rings. The smallest absolute Gasteiger partial charge is 0.260 e. The van der Waals surface area contributed by atoms with E-state index in [4.69, 9.17) is 9.47 Å². The third-order valence-electron chi connectivity index (χ3n) is 3.11. The number of hydrogen-bond donors (Lipinski definition) is 1. The Labute approximate surface area is 142 Å². The Morgan fingerprint density at radius 1 is 1.43 bits per heavy atom. The Morgan fingerprint density at radius 3 is 2.83 bits per heavy atom. The maximum Gasteiger partial charge on any atom is 0.260 e. The maximum atomic E-state index is 12.0. The van der Waals surface area contributed by atoms with E-state index in [1.807, 2.05) is 0 Å². The average Bonchev–Trinajstić information content (AvgIpc) is 2.54. The van der Waals surface area contributed by atoms with Crippen LogP contribution in [0.25, 0.3) is 0 Å². The van der Waals surface area contributed by atoms with Gasteiger partial charge in [-0.3, -0.25) is 9.59 Å². The number of carbonyl (C=O) groups is 2. The first-order valence-electron chi connectivity index (χ1n) is 7.14. The minimum Gasteiger partial charge on any atom is -0.483 e. The second kappa shape index (κ2) is 8.64. The summed E-state index contributed by atoms with van der Waals surface area (Å²) < 4.78 is 11.5. The van der Waals surface area contributed by atoms with Gasteiger partial charge in [0.15, 0.2) is 6.61 Å². The molecule has 0 aromatic heterocycles. The van der Waals surface area contributed by atoms with E-state index < -0.39 is 0 Å². The Morgan fingerprint density at radius 2 is 2.17 bits per heavy atom. The molecule has 2 amide bonds. The normalized spacial score (nSPS) is 14.8. The molecule has 23 heavy (non-hydrogen) atoms. The van der Waals surface area contributed by atoms with Crippen molar-refractivity contribution >= 4 is 34.0 Å². The summed E-state index contributed by atoms with van der Waals surface area (Å²) in [6.07, 6.45) is 1.52. The van der Waals surface area contributed by atoms with Gasteiger partial charge in [0.1, 0.15) is 5.75 Å². The largest absolute Gasteiger partial charge is 0.483 e. The van der Waals surface area contributed by atoms with Gasteiger partial charge in [-0.25, -0.2) is 5.43 Å². The van der Waals surface area contributed by atoms with Gasteiger partial charge in [-0.05, 0) is 39.7 Å². The van der Waals surface area contributed by atoms with Gasteiger partial charge < -0.3 is 14.4 Å². The molecule has 0 spiro atoms. The van der Waals surface area contributed by atoms with E-state index in [9.17, 15) is 9.59 Å². The Bertz CT molecular complexity index is 600. The Hall–Kier alpha value is -1.93. The number of morpholine rings is 1. The van der Waals surface area contributed by atoms with Crippen LogP contribution in [-0.2, 0) is 14.3 Å². The summed E-state index contributed by atoms with van der Waals surface area (Å²) >= 11 is 3.40. The number of nitrogens with one attached hydrogen (secondary N) is 1. The topological polar surface area (TPSA) is 80.2 Å². The average molecular weight is 384 g/mol. The number of rotatable bonds is 5. The molecule has 1 N–H and O–H groups in total. The molecule has 1 aromatic carbocycles. The predicted octanol–water partition coefficient (Wildman–Crippen LogP) is 1.16. The van der Waals surface area contributed by atoms with Crippen molar-refractivity contribution in [1.82, 2.24) is 10.3 Å². The first-order chi connectivity index (χ1) is 11.1. The van der Waals surface area contributed by atoms with Crippen molar-refractivity contribution in [3.63, 3.8) is 0 Å². The van der Waals surface area contributed by atoms with Gasteiger partial charge in [0.05, 0.1) is 23.9 Å². The van der Waals surface area contributed by atoms with Crippen LogP contribution >= 0.6 is 15.9 Å². The van der Waals surface area contributed by atoms with E-state index in [0.717, 1.165) is 5.56 Å². The fourth-order valence-corrected chi connectivity index (χ4v) is 2.47. The minimum absolute atomic E-state index is 0.0159. The van der Waals surface area contributed by atoms with E-state index in [0.29, 0.717) is 36.5 Å². The highest BCUT2D eigenvalue weighted by atomic mass is 79.9. The summed E-state index contributed by atoms with van der Waals surface area (Å²) in [5, 5.41) is 3.79. The summed E-state index contributed by atoms with van der Waals surface area (Å²) in [6.45, 7) is 3.70. The summed E-state index contributed by atoms with van der Waals surface area (Å²) in [5.41, 5.74) is 3.12. The molecule has 1 saturated heterocycles. The van der Waals surface area contributed by atoms with Gasteiger partial charge in [0.2, 0.25) is 5.91 Å². The van der Waals surface area contributed by atoms with E-state index >= 15 is 0 Å². The van der Waals surface area contributed by atoms with Crippen LogP contribution in [0.5, 0.6) is 5.75 Å². The molecule has 8 heteroatoms.